The van der Waals surface area contributed by atoms with E-state index >= 15 is 0 Å². The zero-order valence-corrected chi connectivity index (χ0v) is 10.6. The second-order valence-electron chi connectivity index (χ2n) is 4.46. The van der Waals surface area contributed by atoms with Crippen LogP contribution < -0.4 is 16.0 Å². The van der Waals surface area contributed by atoms with Gasteiger partial charge < -0.3 is 16.0 Å². The molecule has 0 bridgehead atoms. The van der Waals surface area contributed by atoms with E-state index in [0.717, 1.165) is 25.8 Å². The van der Waals surface area contributed by atoms with Crippen LogP contribution in [0.3, 0.4) is 0 Å². The van der Waals surface area contributed by atoms with Gasteiger partial charge in [-0.25, -0.2) is 0 Å². The topological polar surface area (TPSA) is 70.2 Å². The molecule has 0 radical (unpaired) electrons. The van der Waals surface area contributed by atoms with Gasteiger partial charge in [-0.1, -0.05) is 6.92 Å². The Kier molecular flexibility index (Phi) is 6.62. The summed E-state index contributed by atoms with van der Waals surface area (Å²) < 4.78 is 0. The lowest BCUT2D eigenvalue weighted by Crippen LogP contribution is -2.37. The lowest BCUT2D eigenvalue weighted by atomic mass is 10.1. The second kappa shape index (κ2) is 8.06. The zero-order valence-electron chi connectivity index (χ0n) is 10.6. The summed E-state index contributed by atoms with van der Waals surface area (Å²) in [5.41, 5.74) is 0. The smallest absolute Gasteiger partial charge is 0.239 e. The average Bonchev–Trinajstić information content (AvgIpc) is 2.84. The summed E-state index contributed by atoms with van der Waals surface area (Å²) in [6.45, 7) is 3.82. The van der Waals surface area contributed by atoms with Crippen molar-refractivity contribution in [3.05, 3.63) is 0 Å². The monoisotopic (exact) mass is 241 g/mol. The molecular formula is C12H23N3O2. The molecule has 1 aliphatic rings. The van der Waals surface area contributed by atoms with Crippen LogP contribution in [-0.4, -0.2) is 37.5 Å². The molecule has 1 unspecified atom stereocenters. The van der Waals surface area contributed by atoms with Gasteiger partial charge in [0.25, 0.3) is 0 Å². The van der Waals surface area contributed by atoms with Crippen molar-refractivity contribution in [2.75, 3.05) is 19.6 Å². The van der Waals surface area contributed by atoms with E-state index in [0.29, 0.717) is 19.0 Å². The molecule has 1 fully saturated rings. The van der Waals surface area contributed by atoms with Crippen LogP contribution in [0.1, 0.15) is 39.0 Å². The summed E-state index contributed by atoms with van der Waals surface area (Å²) >= 11 is 0. The Morgan fingerprint density at radius 3 is 2.76 bits per heavy atom. The zero-order chi connectivity index (χ0) is 12.5. The number of hydrogen-bond acceptors (Lipinski definition) is 3. The van der Waals surface area contributed by atoms with Crippen LogP contribution >= 0.6 is 0 Å². The molecule has 1 heterocycles. The Hall–Kier alpha value is -1.10. The van der Waals surface area contributed by atoms with Gasteiger partial charge in [0.1, 0.15) is 0 Å². The molecule has 98 valence electrons. The average molecular weight is 241 g/mol. The maximum Gasteiger partial charge on any atom is 0.239 e. The van der Waals surface area contributed by atoms with Crippen LogP contribution in [0, 0.1) is 0 Å². The first kappa shape index (κ1) is 14.0. The summed E-state index contributed by atoms with van der Waals surface area (Å²) in [5, 5.41) is 8.70. The molecule has 0 aliphatic carbocycles. The summed E-state index contributed by atoms with van der Waals surface area (Å²) in [5.74, 6) is -0.149. The van der Waals surface area contributed by atoms with Gasteiger partial charge in [0.2, 0.25) is 11.8 Å². The maximum atomic E-state index is 11.5. The molecule has 2 amide bonds. The van der Waals surface area contributed by atoms with Crippen molar-refractivity contribution in [1.82, 2.24) is 16.0 Å². The number of nitrogens with one attached hydrogen (secondary N) is 3. The molecule has 0 spiro atoms. The van der Waals surface area contributed by atoms with Crippen LogP contribution in [0.15, 0.2) is 0 Å². The van der Waals surface area contributed by atoms with Crippen molar-refractivity contribution < 1.29 is 9.59 Å². The number of hydrogen-bond donors (Lipinski definition) is 3. The van der Waals surface area contributed by atoms with Gasteiger partial charge in [0, 0.05) is 19.0 Å². The number of amides is 2. The number of carbonyl (C=O) groups is 2. The molecule has 5 nitrogen and oxygen atoms in total. The minimum atomic E-state index is -0.112. The minimum Gasteiger partial charge on any atom is -0.355 e. The van der Waals surface area contributed by atoms with Gasteiger partial charge in [0.15, 0.2) is 0 Å². The Balaban J connectivity index is 2.02. The van der Waals surface area contributed by atoms with Crippen LogP contribution in [-0.2, 0) is 9.59 Å². The quantitative estimate of drug-likeness (QED) is 0.594. The highest BCUT2D eigenvalue weighted by Crippen LogP contribution is 2.10. The van der Waals surface area contributed by atoms with Gasteiger partial charge in [-0.05, 0) is 32.2 Å². The molecule has 0 aromatic carbocycles. The number of carbonyl (C=O) groups excluding carboxylic acids is 2. The third-order valence-corrected chi connectivity index (χ3v) is 2.90. The molecule has 1 aliphatic heterocycles. The predicted molar refractivity (Wildman–Crippen MR) is 66.6 cm³/mol. The van der Waals surface area contributed by atoms with E-state index in [1.54, 1.807) is 0 Å². The predicted octanol–water partition coefficient (Wildman–Crippen LogP) is 0.161. The van der Waals surface area contributed by atoms with E-state index < -0.39 is 0 Å². The first-order valence-electron chi connectivity index (χ1n) is 6.49. The van der Waals surface area contributed by atoms with Gasteiger partial charge in [-0.2, -0.15) is 0 Å². The molecule has 5 heteroatoms. The van der Waals surface area contributed by atoms with Gasteiger partial charge >= 0.3 is 0 Å². The van der Waals surface area contributed by atoms with E-state index in [1.807, 2.05) is 6.92 Å². The lowest BCUT2D eigenvalue weighted by Gasteiger charge is -2.10. The fourth-order valence-electron chi connectivity index (χ4n) is 1.90. The molecule has 17 heavy (non-hydrogen) atoms. The van der Waals surface area contributed by atoms with Gasteiger partial charge in [-0.3, -0.25) is 9.59 Å². The van der Waals surface area contributed by atoms with Crippen molar-refractivity contribution in [2.45, 2.75) is 45.1 Å². The summed E-state index contributed by atoms with van der Waals surface area (Å²) in [7, 11) is 0. The van der Waals surface area contributed by atoms with Crippen LogP contribution in [0.5, 0.6) is 0 Å². The highest BCUT2D eigenvalue weighted by atomic mass is 16.2. The Morgan fingerprint density at radius 1 is 1.29 bits per heavy atom. The molecule has 1 rings (SSSR count). The van der Waals surface area contributed by atoms with E-state index in [2.05, 4.69) is 16.0 Å². The summed E-state index contributed by atoms with van der Waals surface area (Å²) in [6, 6.07) is 0.481. The van der Waals surface area contributed by atoms with Crippen molar-refractivity contribution in [3.63, 3.8) is 0 Å². The minimum absolute atomic E-state index is 0.0367. The SMILES string of the molecule is CCCNC(=O)CNC(=O)CCC1CCCN1. The molecule has 1 saturated heterocycles. The standard InChI is InChI=1S/C12H23N3O2/c1-2-7-14-12(17)9-15-11(16)6-5-10-4-3-8-13-10/h10,13H,2-9H2,1H3,(H,14,17)(H,15,16). The second-order valence-corrected chi connectivity index (χ2v) is 4.46. The highest BCUT2D eigenvalue weighted by Gasteiger charge is 2.15. The van der Waals surface area contributed by atoms with Crippen molar-refractivity contribution in [2.24, 2.45) is 0 Å². The molecule has 3 N–H and O–H groups in total. The van der Waals surface area contributed by atoms with E-state index in [-0.39, 0.29) is 18.4 Å². The van der Waals surface area contributed by atoms with Gasteiger partial charge in [-0.15, -0.1) is 0 Å². The van der Waals surface area contributed by atoms with Crippen molar-refractivity contribution >= 4 is 11.8 Å². The highest BCUT2D eigenvalue weighted by molar-refractivity contribution is 5.84. The first-order chi connectivity index (χ1) is 8.22. The molecule has 1 atom stereocenters. The number of rotatable bonds is 7. The Bertz CT molecular complexity index is 250. The first-order valence-corrected chi connectivity index (χ1v) is 6.49. The normalized spacial score (nSPS) is 19.0. The molecule has 0 aromatic heterocycles. The van der Waals surface area contributed by atoms with Crippen LogP contribution in [0.4, 0.5) is 0 Å². The molecule has 0 saturated carbocycles. The Labute approximate surface area is 103 Å². The third-order valence-electron chi connectivity index (χ3n) is 2.90. The van der Waals surface area contributed by atoms with Crippen molar-refractivity contribution in [1.29, 1.82) is 0 Å². The lowest BCUT2D eigenvalue weighted by molar-refractivity contribution is -0.126. The summed E-state index contributed by atoms with van der Waals surface area (Å²) in [4.78, 5) is 22.7. The van der Waals surface area contributed by atoms with E-state index in [1.165, 1.54) is 6.42 Å². The third kappa shape index (κ3) is 6.26. The molecule has 0 aromatic rings. The van der Waals surface area contributed by atoms with E-state index in [9.17, 15) is 9.59 Å². The van der Waals surface area contributed by atoms with E-state index in [4.69, 9.17) is 0 Å². The van der Waals surface area contributed by atoms with Gasteiger partial charge in [0.05, 0.1) is 6.54 Å². The van der Waals surface area contributed by atoms with Crippen LogP contribution in [0.25, 0.3) is 0 Å². The maximum absolute atomic E-state index is 11.5. The Morgan fingerprint density at radius 2 is 2.12 bits per heavy atom. The van der Waals surface area contributed by atoms with Crippen molar-refractivity contribution in [3.8, 4) is 0 Å². The summed E-state index contributed by atoms with van der Waals surface area (Å²) in [6.07, 6.45) is 4.63. The fraction of sp³-hybridized carbons (Fsp3) is 0.833. The fourth-order valence-corrected chi connectivity index (χ4v) is 1.90. The molecular weight excluding hydrogens is 218 g/mol. The largest absolute Gasteiger partial charge is 0.355 e. The van der Waals surface area contributed by atoms with Crippen LogP contribution in [0.2, 0.25) is 0 Å².